The van der Waals surface area contributed by atoms with Crippen LogP contribution in [-0.4, -0.2) is 11.1 Å². The Balaban J connectivity index is 2.19. The molecule has 2 heteroatoms. The Morgan fingerprint density at radius 3 is 2.72 bits per heavy atom. The molecule has 1 N–H and O–H groups in total. The molecule has 1 aromatic carbocycles. The van der Waals surface area contributed by atoms with Gasteiger partial charge in [-0.05, 0) is 49.3 Å². The summed E-state index contributed by atoms with van der Waals surface area (Å²) in [5, 5.41) is 9.58. The highest BCUT2D eigenvalue weighted by molar-refractivity contribution is 5.74. The van der Waals surface area contributed by atoms with Crippen LogP contribution in [0.1, 0.15) is 48.8 Å². The van der Waals surface area contributed by atoms with Gasteiger partial charge < -0.3 is 5.11 Å². The standard InChI is InChI=1S/C16H20O2/c1-11-5-4-6-12-7-8-13(15(17)18)16(14(11)12)9-2-3-10-16/h4-6,13H,2-3,7-10H2,1H3,(H,17,18). The maximum atomic E-state index is 11.6. The van der Waals surface area contributed by atoms with Crippen LogP contribution in [-0.2, 0) is 16.6 Å². The van der Waals surface area contributed by atoms with Crippen molar-refractivity contribution in [3.63, 3.8) is 0 Å². The normalized spacial score (nSPS) is 25.1. The predicted octanol–water partition coefficient (Wildman–Crippen LogP) is 3.45. The zero-order chi connectivity index (χ0) is 12.8. The molecule has 1 unspecified atom stereocenters. The Morgan fingerprint density at radius 2 is 2.06 bits per heavy atom. The van der Waals surface area contributed by atoms with Crippen molar-refractivity contribution in [1.29, 1.82) is 0 Å². The lowest BCUT2D eigenvalue weighted by Crippen LogP contribution is -2.42. The van der Waals surface area contributed by atoms with E-state index in [2.05, 4.69) is 25.1 Å². The molecule has 1 aromatic rings. The molecule has 2 nitrogen and oxygen atoms in total. The fourth-order valence-electron chi connectivity index (χ4n) is 4.36. The minimum Gasteiger partial charge on any atom is -0.481 e. The first kappa shape index (κ1) is 11.8. The van der Waals surface area contributed by atoms with Gasteiger partial charge in [0.2, 0.25) is 0 Å². The highest BCUT2D eigenvalue weighted by atomic mass is 16.4. The van der Waals surface area contributed by atoms with E-state index in [1.165, 1.54) is 29.5 Å². The highest BCUT2D eigenvalue weighted by Gasteiger charge is 2.49. The third-order valence-corrected chi connectivity index (χ3v) is 5.02. The monoisotopic (exact) mass is 244 g/mol. The number of aryl methyl sites for hydroxylation is 2. The first-order valence-corrected chi connectivity index (χ1v) is 6.97. The molecule has 0 amide bonds. The maximum absolute atomic E-state index is 11.6. The van der Waals surface area contributed by atoms with E-state index in [0.717, 1.165) is 25.7 Å². The van der Waals surface area contributed by atoms with E-state index in [1.807, 2.05) is 0 Å². The molecule has 3 rings (SSSR count). The van der Waals surface area contributed by atoms with E-state index in [4.69, 9.17) is 0 Å². The van der Waals surface area contributed by atoms with Crippen LogP contribution in [0, 0.1) is 12.8 Å². The summed E-state index contributed by atoms with van der Waals surface area (Å²) in [5.74, 6) is -0.764. The van der Waals surface area contributed by atoms with E-state index in [9.17, 15) is 9.90 Å². The molecule has 2 aliphatic rings. The van der Waals surface area contributed by atoms with Gasteiger partial charge in [0.05, 0.1) is 5.92 Å². The number of hydrogen-bond donors (Lipinski definition) is 1. The van der Waals surface area contributed by atoms with E-state index >= 15 is 0 Å². The highest BCUT2D eigenvalue weighted by Crippen LogP contribution is 2.53. The summed E-state index contributed by atoms with van der Waals surface area (Å²) >= 11 is 0. The molecule has 0 heterocycles. The molecule has 18 heavy (non-hydrogen) atoms. The lowest BCUT2D eigenvalue weighted by molar-refractivity contribution is -0.145. The molecule has 0 aliphatic heterocycles. The second-order valence-corrected chi connectivity index (χ2v) is 5.90. The fraction of sp³-hybridized carbons (Fsp3) is 0.562. The Hall–Kier alpha value is -1.31. The number of carboxylic acids is 1. The number of carboxylic acid groups (broad SMARTS) is 1. The van der Waals surface area contributed by atoms with Crippen molar-refractivity contribution in [3.8, 4) is 0 Å². The molecule has 0 radical (unpaired) electrons. The molecule has 1 atom stereocenters. The molecule has 2 aliphatic carbocycles. The number of rotatable bonds is 1. The molecule has 0 bridgehead atoms. The van der Waals surface area contributed by atoms with Gasteiger partial charge in [-0.25, -0.2) is 0 Å². The minimum atomic E-state index is -0.592. The van der Waals surface area contributed by atoms with E-state index < -0.39 is 5.97 Å². The van der Waals surface area contributed by atoms with E-state index in [0.29, 0.717) is 0 Å². The van der Waals surface area contributed by atoms with Gasteiger partial charge in [0.1, 0.15) is 0 Å². The summed E-state index contributed by atoms with van der Waals surface area (Å²) in [4.78, 5) is 11.6. The van der Waals surface area contributed by atoms with Crippen molar-refractivity contribution in [2.45, 2.75) is 50.9 Å². The fourth-order valence-corrected chi connectivity index (χ4v) is 4.36. The van der Waals surface area contributed by atoms with Gasteiger partial charge in [-0.3, -0.25) is 4.79 Å². The van der Waals surface area contributed by atoms with Crippen molar-refractivity contribution in [2.24, 2.45) is 5.92 Å². The van der Waals surface area contributed by atoms with Crippen LogP contribution >= 0.6 is 0 Å². The molecule has 1 saturated carbocycles. The van der Waals surface area contributed by atoms with Crippen molar-refractivity contribution in [3.05, 3.63) is 34.9 Å². The molecule has 1 spiro atoms. The van der Waals surface area contributed by atoms with Crippen molar-refractivity contribution < 1.29 is 9.90 Å². The number of benzene rings is 1. The van der Waals surface area contributed by atoms with Crippen molar-refractivity contribution >= 4 is 5.97 Å². The maximum Gasteiger partial charge on any atom is 0.307 e. The summed E-state index contributed by atoms with van der Waals surface area (Å²) in [6.07, 6.45) is 6.21. The number of fused-ring (bicyclic) bond motifs is 2. The average molecular weight is 244 g/mol. The summed E-state index contributed by atoms with van der Waals surface area (Å²) in [6.45, 7) is 2.14. The SMILES string of the molecule is Cc1cccc2c1C1(CCCC1)C(C(=O)O)CC2. The first-order chi connectivity index (χ1) is 8.65. The van der Waals surface area contributed by atoms with Crippen LogP contribution in [0.5, 0.6) is 0 Å². The lowest BCUT2D eigenvalue weighted by Gasteiger charge is -2.42. The van der Waals surface area contributed by atoms with Crippen molar-refractivity contribution in [1.82, 2.24) is 0 Å². The predicted molar refractivity (Wildman–Crippen MR) is 70.8 cm³/mol. The zero-order valence-corrected chi connectivity index (χ0v) is 10.9. The van der Waals surface area contributed by atoms with Gasteiger partial charge in [0.15, 0.2) is 0 Å². The lowest BCUT2D eigenvalue weighted by atomic mass is 9.61. The largest absolute Gasteiger partial charge is 0.481 e. The van der Waals surface area contributed by atoms with Gasteiger partial charge in [-0.15, -0.1) is 0 Å². The topological polar surface area (TPSA) is 37.3 Å². The smallest absolute Gasteiger partial charge is 0.307 e. The van der Waals surface area contributed by atoms with Crippen molar-refractivity contribution in [2.75, 3.05) is 0 Å². The Bertz CT molecular complexity index is 484. The van der Waals surface area contributed by atoms with Crippen LogP contribution in [0.3, 0.4) is 0 Å². The zero-order valence-electron chi connectivity index (χ0n) is 10.9. The molecule has 0 aromatic heterocycles. The second-order valence-electron chi connectivity index (χ2n) is 5.90. The van der Waals surface area contributed by atoms with Gasteiger partial charge in [0.25, 0.3) is 0 Å². The quantitative estimate of drug-likeness (QED) is 0.821. The average Bonchev–Trinajstić information content (AvgIpc) is 2.78. The summed E-state index contributed by atoms with van der Waals surface area (Å²) in [7, 11) is 0. The first-order valence-electron chi connectivity index (χ1n) is 6.97. The van der Waals surface area contributed by atoms with Crippen LogP contribution in [0.4, 0.5) is 0 Å². The summed E-state index contributed by atoms with van der Waals surface area (Å²) in [6, 6.07) is 6.45. The van der Waals surface area contributed by atoms with E-state index in [-0.39, 0.29) is 11.3 Å². The minimum absolute atomic E-state index is 0.0647. The molecule has 1 fully saturated rings. The third-order valence-electron chi connectivity index (χ3n) is 5.02. The van der Waals surface area contributed by atoms with Gasteiger partial charge in [-0.1, -0.05) is 31.0 Å². The van der Waals surface area contributed by atoms with E-state index in [1.54, 1.807) is 0 Å². The molecule has 96 valence electrons. The summed E-state index contributed by atoms with van der Waals surface area (Å²) in [5.41, 5.74) is 4.00. The van der Waals surface area contributed by atoms with Gasteiger partial charge in [-0.2, -0.15) is 0 Å². The van der Waals surface area contributed by atoms with Crippen LogP contribution < -0.4 is 0 Å². The Labute approximate surface area is 108 Å². The third kappa shape index (κ3) is 1.51. The molecule has 0 saturated heterocycles. The van der Waals surface area contributed by atoms with Crippen LogP contribution in [0.25, 0.3) is 0 Å². The Kier molecular flexibility index (Phi) is 2.69. The van der Waals surface area contributed by atoms with Gasteiger partial charge in [0, 0.05) is 5.41 Å². The number of carbonyl (C=O) groups is 1. The summed E-state index contributed by atoms with van der Waals surface area (Å²) < 4.78 is 0. The Morgan fingerprint density at radius 1 is 1.33 bits per heavy atom. The van der Waals surface area contributed by atoms with Crippen LogP contribution in [0.2, 0.25) is 0 Å². The number of aliphatic carboxylic acids is 1. The second kappa shape index (κ2) is 4.11. The number of hydrogen-bond acceptors (Lipinski definition) is 1. The van der Waals surface area contributed by atoms with Gasteiger partial charge >= 0.3 is 5.97 Å². The van der Waals surface area contributed by atoms with Crippen LogP contribution in [0.15, 0.2) is 18.2 Å². The molecular weight excluding hydrogens is 224 g/mol. The molecular formula is C16H20O2.